The van der Waals surface area contributed by atoms with Crippen molar-refractivity contribution in [3.63, 3.8) is 0 Å². The highest BCUT2D eigenvalue weighted by molar-refractivity contribution is 7.86. The highest BCUT2D eigenvalue weighted by atomic mass is 32.3. The second kappa shape index (κ2) is 4.89. The first kappa shape index (κ1) is 14.4. The SMILES string of the molecule is CC(C)(C)OC(=O)Nc1cncc(S(=O)(=O)F)c1. The van der Waals surface area contributed by atoms with Crippen LogP contribution < -0.4 is 5.32 Å². The molecule has 0 spiro atoms. The van der Waals surface area contributed by atoms with Crippen molar-refractivity contribution in [2.24, 2.45) is 0 Å². The van der Waals surface area contributed by atoms with Crippen molar-refractivity contribution < 1.29 is 21.8 Å². The molecule has 100 valence electrons. The molecule has 1 aromatic rings. The summed E-state index contributed by atoms with van der Waals surface area (Å²) < 4.78 is 38.9. The third kappa shape index (κ3) is 4.66. The first-order chi connectivity index (χ1) is 8.08. The normalized spacial score (nSPS) is 12.0. The summed E-state index contributed by atoms with van der Waals surface area (Å²) in [4.78, 5) is 14.3. The highest BCUT2D eigenvalue weighted by Gasteiger charge is 2.18. The number of amides is 1. The van der Waals surface area contributed by atoms with Gasteiger partial charge in [-0.25, -0.2) is 4.79 Å². The van der Waals surface area contributed by atoms with E-state index < -0.39 is 26.8 Å². The van der Waals surface area contributed by atoms with Gasteiger partial charge in [-0.3, -0.25) is 10.3 Å². The number of rotatable bonds is 2. The van der Waals surface area contributed by atoms with Gasteiger partial charge in [-0.15, -0.1) is 3.89 Å². The van der Waals surface area contributed by atoms with Crippen molar-refractivity contribution in [1.29, 1.82) is 0 Å². The number of hydrogen-bond donors (Lipinski definition) is 1. The number of ether oxygens (including phenoxy) is 1. The number of carbonyl (C=O) groups excluding carboxylic acids is 1. The van der Waals surface area contributed by atoms with Crippen molar-refractivity contribution in [2.45, 2.75) is 31.3 Å². The van der Waals surface area contributed by atoms with Crippen LogP contribution in [0.5, 0.6) is 0 Å². The van der Waals surface area contributed by atoms with E-state index >= 15 is 0 Å². The second-order valence-corrected chi connectivity index (χ2v) is 5.82. The van der Waals surface area contributed by atoms with E-state index in [2.05, 4.69) is 10.3 Å². The summed E-state index contributed by atoms with van der Waals surface area (Å²) in [5.41, 5.74) is -0.663. The number of aromatic nitrogens is 1. The van der Waals surface area contributed by atoms with Crippen LogP contribution in [0.15, 0.2) is 23.4 Å². The summed E-state index contributed by atoms with van der Waals surface area (Å²) in [6.07, 6.45) is 1.24. The molecule has 6 nitrogen and oxygen atoms in total. The number of carbonyl (C=O) groups is 1. The quantitative estimate of drug-likeness (QED) is 0.836. The number of halogens is 1. The Morgan fingerprint density at radius 2 is 2.00 bits per heavy atom. The lowest BCUT2D eigenvalue weighted by atomic mass is 10.2. The molecule has 1 rings (SSSR count). The standard InChI is InChI=1S/C10H13FN2O4S/c1-10(2,3)17-9(14)13-7-4-8(6-12-5-7)18(11,15)16/h4-6H,1-3H3,(H,13,14). The Morgan fingerprint density at radius 3 is 2.50 bits per heavy atom. The average Bonchev–Trinajstić information content (AvgIpc) is 2.13. The monoisotopic (exact) mass is 276 g/mol. The molecule has 0 aromatic carbocycles. The Labute approximate surface area is 104 Å². The van der Waals surface area contributed by atoms with Crippen LogP contribution in [0.25, 0.3) is 0 Å². The van der Waals surface area contributed by atoms with Crippen LogP contribution in [0.1, 0.15) is 20.8 Å². The molecule has 0 fully saturated rings. The molecular formula is C10H13FN2O4S. The Kier molecular flexibility index (Phi) is 3.90. The molecule has 8 heteroatoms. The Balaban J connectivity index is 2.84. The predicted molar refractivity (Wildman–Crippen MR) is 62.4 cm³/mol. The molecule has 0 radical (unpaired) electrons. The zero-order valence-electron chi connectivity index (χ0n) is 10.1. The van der Waals surface area contributed by atoms with E-state index in [-0.39, 0.29) is 5.69 Å². The summed E-state index contributed by atoms with van der Waals surface area (Å²) in [6, 6.07) is 0.951. The minimum atomic E-state index is -4.85. The molecule has 0 saturated heterocycles. The van der Waals surface area contributed by atoms with E-state index in [4.69, 9.17) is 4.74 Å². The predicted octanol–water partition coefficient (Wildman–Crippen LogP) is 2.09. The zero-order chi connectivity index (χ0) is 14.0. The third-order valence-corrected chi connectivity index (χ3v) is 2.43. The maximum absolute atomic E-state index is 12.7. The van der Waals surface area contributed by atoms with Crippen LogP contribution in [-0.4, -0.2) is 25.1 Å². The van der Waals surface area contributed by atoms with Crippen molar-refractivity contribution in [3.8, 4) is 0 Å². The fourth-order valence-electron chi connectivity index (χ4n) is 1.04. The summed E-state index contributed by atoms with van der Waals surface area (Å²) >= 11 is 0. The van der Waals surface area contributed by atoms with Gasteiger partial charge < -0.3 is 4.74 Å². The fraction of sp³-hybridized carbons (Fsp3) is 0.400. The summed E-state index contributed by atoms with van der Waals surface area (Å²) in [6.45, 7) is 5.02. The minimum Gasteiger partial charge on any atom is -0.444 e. The van der Waals surface area contributed by atoms with Crippen molar-refractivity contribution in [3.05, 3.63) is 18.5 Å². The van der Waals surface area contributed by atoms with Gasteiger partial charge in [0.05, 0.1) is 11.9 Å². The van der Waals surface area contributed by atoms with Crippen LogP contribution in [-0.2, 0) is 15.0 Å². The molecule has 0 bridgehead atoms. The number of nitrogens with one attached hydrogen (secondary N) is 1. The Morgan fingerprint density at radius 1 is 1.39 bits per heavy atom. The van der Waals surface area contributed by atoms with Gasteiger partial charge >= 0.3 is 16.3 Å². The van der Waals surface area contributed by atoms with Crippen LogP contribution in [0, 0.1) is 0 Å². The maximum Gasteiger partial charge on any atom is 0.412 e. The molecule has 1 N–H and O–H groups in total. The molecule has 0 atom stereocenters. The first-order valence-electron chi connectivity index (χ1n) is 4.98. The topological polar surface area (TPSA) is 85.4 Å². The van der Waals surface area contributed by atoms with E-state index in [1.165, 1.54) is 6.20 Å². The van der Waals surface area contributed by atoms with Gasteiger partial charge in [0.2, 0.25) is 0 Å². The van der Waals surface area contributed by atoms with Crippen LogP contribution in [0.4, 0.5) is 14.4 Å². The molecule has 1 aromatic heterocycles. The third-order valence-electron chi connectivity index (χ3n) is 1.64. The number of hydrogen-bond acceptors (Lipinski definition) is 5. The summed E-state index contributed by atoms with van der Waals surface area (Å²) in [5, 5.41) is 2.26. The smallest absolute Gasteiger partial charge is 0.412 e. The fourth-order valence-corrected chi connectivity index (χ4v) is 1.50. The van der Waals surface area contributed by atoms with E-state index in [0.717, 1.165) is 12.3 Å². The number of nitrogens with zero attached hydrogens (tertiary/aromatic N) is 1. The van der Waals surface area contributed by atoms with Crippen molar-refractivity contribution >= 4 is 22.0 Å². The zero-order valence-corrected chi connectivity index (χ0v) is 10.9. The van der Waals surface area contributed by atoms with Gasteiger partial charge in [0.25, 0.3) is 0 Å². The largest absolute Gasteiger partial charge is 0.444 e. The van der Waals surface area contributed by atoms with E-state index in [0.29, 0.717) is 0 Å². The lowest BCUT2D eigenvalue weighted by Gasteiger charge is -2.19. The Hall–Kier alpha value is -1.70. The lowest BCUT2D eigenvalue weighted by molar-refractivity contribution is 0.0636. The molecule has 18 heavy (non-hydrogen) atoms. The molecule has 0 unspecified atom stereocenters. The molecule has 0 saturated carbocycles. The summed E-state index contributed by atoms with van der Waals surface area (Å²) in [5.74, 6) is 0. The van der Waals surface area contributed by atoms with Crippen LogP contribution >= 0.6 is 0 Å². The van der Waals surface area contributed by atoms with E-state index in [1.807, 2.05) is 0 Å². The molecule has 1 heterocycles. The van der Waals surface area contributed by atoms with Crippen LogP contribution in [0.2, 0.25) is 0 Å². The highest BCUT2D eigenvalue weighted by Crippen LogP contribution is 2.16. The van der Waals surface area contributed by atoms with Gasteiger partial charge in [-0.2, -0.15) is 8.42 Å². The van der Waals surface area contributed by atoms with Gasteiger partial charge in [-0.05, 0) is 26.8 Å². The lowest BCUT2D eigenvalue weighted by Crippen LogP contribution is -2.27. The maximum atomic E-state index is 12.7. The first-order valence-corrected chi connectivity index (χ1v) is 6.36. The molecule has 1 amide bonds. The molecule has 0 aliphatic carbocycles. The summed E-state index contributed by atoms with van der Waals surface area (Å²) in [7, 11) is -4.85. The average molecular weight is 276 g/mol. The number of anilines is 1. The van der Waals surface area contributed by atoms with E-state index in [1.54, 1.807) is 20.8 Å². The molecule has 0 aliphatic rings. The van der Waals surface area contributed by atoms with Gasteiger partial charge in [-0.1, -0.05) is 0 Å². The second-order valence-electron chi connectivity index (χ2n) is 4.47. The molecular weight excluding hydrogens is 263 g/mol. The van der Waals surface area contributed by atoms with Crippen LogP contribution in [0.3, 0.4) is 0 Å². The van der Waals surface area contributed by atoms with Gasteiger partial charge in [0.15, 0.2) is 0 Å². The van der Waals surface area contributed by atoms with E-state index in [9.17, 15) is 17.1 Å². The molecule has 0 aliphatic heterocycles. The van der Waals surface area contributed by atoms with Crippen molar-refractivity contribution in [1.82, 2.24) is 4.98 Å². The van der Waals surface area contributed by atoms with Crippen molar-refractivity contribution in [2.75, 3.05) is 5.32 Å². The van der Waals surface area contributed by atoms with Gasteiger partial charge in [0.1, 0.15) is 10.5 Å². The minimum absolute atomic E-state index is 0.0305. The Bertz CT molecular complexity index is 551. The van der Waals surface area contributed by atoms with Gasteiger partial charge in [0, 0.05) is 6.20 Å². The number of pyridine rings is 1.